The zero-order chi connectivity index (χ0) is 35.4. The summed E-state index contributed by atoms with van der Waals surface area (Å²) in [5, 5.41) is 14.2. The van der Waals surface area contributed by atoms with Crippen molar-refractivity contribution in [1.29, 1.82) is 0 Å². The first-order chi connectivity index (χ1) is 22.8. The van der Waals surface area contributed by atoms with Gasteiger partial charge in [0.05, 0.1) is 0 Å². The van der Waals surface area contributed by atoms with Crippen LogP contribution in [0.2, 0.25) is 0 Å². The van der Waals surface area contributed by atoms with E-state index in [0.29, 0.717) is 0 Å². The van der Waals surface area contributed by atoms with Crippen molar-refractivity contribution in [3.8, 4) is 0 Å². The van der Waals surface area contributed by atoms with Crippen LogP contribution in [0.1, 0.15) is 141 Å². The molecule has 2 N–H and O–H groups in total. The predicted octanol–water partition coefficient (Wildman–Crippen LogP) is 9.96. The summed E-state index contributed by atoms with van der Waals surface area (Å²) in [6.45, 7) is 8.50. The monoisotopic (exact) mass is 700 g/mol. The first kappa shape index (κ1) is 42.6. The fourth-order valence-electron chi connectivity index (χ4n) is 8.29. The number of carboxylic acids is 2. The number of alkyl halides is 6. The molecule has 282 valence electrons. The van der Waals surface area contributed by atoms with E-state index in [1.165, 1.54) is 174 Å². The first-order valence-electron chi connectivity index (χ1n) is 18.8. The molecule has 0 aromatic heterocycles. The summed E-state index contributed by atoms with van der Waals surface area (Å²) in [4.78, 5) is 23.7. The fraction of sp³-hybridized carbons (Fsp3) is 0.944. The second kappa shape index (κ2) is 23.0. The number of piperidine rings is 2. The molecule has 0 aromatic carbocycles. The normalized spacial score (nSPS) is 30.8. The Morgan fingerprint density at radius 1 is 0.458 bits per heavy atom. The van der Waals surface area contributed by atoms with E-state index < -0.39 is 24.3 Å². The summed E-state index contributed by atoms with van der Waals surface area (Å²) in [6.07, 6.45) is 22.8. The van der Waals surface area contributed by atoms with Gasteiger partial charge in [0.25, 0.3) is 0 Å². The van der Waals surface area contributed by atoms with Crippen molar-refractivity contribution in [3.63, 3.8) is 0 Å². The van der Waals surface area contributed by atoms with Gasteiger partial charge in [-0.15, -0.1) is 0 Å². The highest BCUT2D eigenvalue weighted by Gasteiger charge is 2.40. The summed E-state index contributed by atoms with van der Waals surface area (Å²) < 4.78 is 63.5. The number of hydrogen-bond donors (Lipinski definition) is 2. The molecule has 6 nitrogen and oxygen atoms in total. The van der Waals surface area contributed by atoms with Gasteiger partial charge >= 0.3 is 24.3 Å². The minimum atomic E-state index is -5.08. The lowest BCUT2D eigenvalue weighted by Gasteiger charge is -2.47. The summed E-state index contributed by atoms with van der Waals surface area (Å²) in [5.41, 5.74) is 0. The largest absolute Gasteiger partial charge is 0.490 e. The highest BCUT2D eigenvalue weighted by atomic mass is 19.4. The van der Waals surface area contributed by atoms with Gasteiger partial charge in [0.2, 0.25) is 0 Å². The maximum atomic E-state index is 10.6. The highest BCUT2D eigenvalue weighted by molar-refractivity contribution is 5.73. The third kappa shape index (κ3) is 18.4. The Balaban J connectivity index is 0.000000479. The van der Waals surface area contributed by atoms with Crippen LogP contribution in [-0.2, 0) is 9.59 Å². The lowest BCUT2D eigenvalue weighted by atomic mass is 9.69. The molecule has 0 amide bonds. The molecule has 5 rings (SSSR count). The van der Waals surface area contributed by atoms with Gasteiger partial charge in [0.15, 0.2) is 0 Å². The van der Waals surface area contributed by atoms with Gasteiger partial charge in [0.1, 0.15) is 0 Å². The van der Waals surface area contributed by atoms with Crippen molar-refractivity contribution in [2.45, 2.75) is 154 Å². The van der Waals surface area contributed by atoms with Crippen LogP contribution in [0.4, 0.5) is 26.3 Å². The molecule has 0 aromatic rings. The lowest BCUT2D eigenvalue weighted by Crippen LogP contribution is -2.49. The summed E-state index contributed by atoms with van der Waals surface area (Å²) >= 11 is 0. The van der Waals surface area contributed by atoms with Crippen LogP contribution in [-0.4, -0.2) is 83.6 Å². The van der Waals surface area contributed by atoms with Gasteiger partial charge in [-0.1, -0.05) is 103 Å². The molecule has 0 aliphatic carbocycles. The molecule has 0 spiro atoms. The van der Waals surface area contributed by atoms with E-state index in [0.717, 1.165) is 23.7 Å². The average molecular weight is 701 g/mol. The SMILES string of the molecule is C1CCCCCCN2C[C@H]3CCCCCCCCCCN4CC[C@H]([C@H](C3)C2)[C@@H](CCCCC1)C4.O=C(O)C(F)(F)F.O=C(O)C(F)(F)F. The maximum Gasteiger partial charge on any atom is 0.490 e. The molecule has 5 fully saturated rings. The van der Waals surface area contributed by atoms with Gasteiger partial charge in [0, 0.05) is 19.6 Å². The molecule has 6 atom stereocenters. The third-order valence-electron chi connectivity index (χ3n) is 10.7. The molecule has 0 radical (unpaired) electrons. The molecule has 6 bridgehead atoms. The molecule has 12 heteroatoms. The van der Waals surface area contributed by atoms with E-state index in [4.69, 9.17) is 19.8 Å². The van der Waals surface area contributed by atoms with Gasteiger partial charge in [-0.05, 0) is 81.8 Å². The van der Waals surface area contributed by atoms with Gasteiger partial charge in [-0.3, -0.25) is 0 Å². The van der Waals surface area contributed by atoms with Crippen molar-refractivity contribution in [2.75, 3.05) is 39.3 Å². The third-order valence-corrected chi connectivity index (χ3v) is 10.7. The van der Waals surface area contributed by atoms with Crippen LogP contribution in [0.3, 0.4) is 0 Å². The zero-order valence-electron chi connectivity index (χ0n) is 29.0. The van der Waals surface area contributed by atoms with Crippen LogP contribution < -0.4 is 0 Å². The fourth-order valence-corrected chi connectivity index (χ4v) is 8.29. The van der Waals surface area contributed by atoms with Gasteiger partial charge < -0.3 is 20.0 Å². The van der Waals surface area contributed by atoms with E-state index in [1.54, 1.807) is 6.42 Å². The van der Waals surface area contributed by atoms with E-state index in [-0.39, 0.29) is 0 Å². The molecular weight excluding hydrogens is 638 g/mol. The Hall–Kier alpha value is -1.56. The number of carboxylic acid groups (broad SMARTS) is 2. The second-order valence-corrected chi connectivity index (χ2v) is 14.7. The summed E-state index contributed by atoms with van der Waals surface area (Å²) in [7, 11) is 0. The molecular formula is C36H62F6N2O4. The quantitative estimate of drug-likeness (QED) is 0.245. The minimum absolute atomic E-state index is 0.991. The van der Waals surface area contributed by atoms with Crippen LogP contribution in [0.5, 0.6) is 0 Å². The minimum Gasteiger partial charge on any atom is -0.475 e. The van der Waals surface area contributed by atoms with Crippen LogP contribution in [0.25, 0.3) is 0 Å². The van der Waals surface area contributed by atoms with E-state index >= 15 is 0 Å². The van der Waals surface area contributed by atoms with E-state index in [1.807, 2.05) is 0 Å². The Labute approximate surface area is 284 Å². The smallest absolute Gasteiger partial charge is 0.475 e. The molecule has 5 aliphatic rings. The Morgan fingerprint density at radius 2 is 0.833 bits per heavy atom. The van der Waals surface area contributed by atoms with Gasteiger partial charge in [-0.25, -0.2) is 9.59 Å². The van der Waals surface area contributed by atoms with Crippen molar-refractivity contribution in [3.05, 3.63) is 0 Å². The molecule has 5 aliphatic heterocycles. The Bertz CT molecular complexity index is 850. The molecule has 5 heterocycles. The van der Waals surface area contributed by atoms with E-state index in [9.17, 15) is 26.3 Å². The lowest BCUT2D eigenvalue weighted by molar-refractivity contribution is -0.193. The van der Waals surface area contributed by atoms with Gasteiger partial charge in [-0.2, -0.15) is 26.3 Å². The Morgan fingerprint density at radius 3 is 1.29 bits per heavy atom. The zero-order valence-corrected chi connectivity index (χ0v) is 29.0. The maximum absolute atomic E-state index is 10.6. The summed E-state index contributed by atoms with van der Waals surface area (Å²) in [6, 6.07) is 0. The highest BCUT2D eigenvalue weighted by Crippen LogP contribution is 2.40. The number of aliphatic carboxylic acids is 2. The van der Waals surface area contributed by atoms with Crippen molar-refractivity contribution in [2.24, 2.45) is 23.7 Å². The summed E-state index contributed by atoms with van der Waals surface area (Å²) in [5.74, 6) is -1.51. The van der Waals surface area contributed by atoms with Crippen molar-refractivity contribution < 1.29 is 46.1 Å². The molecule has 2 unspecified atom stereocenters. The molecule has 48 heavy (non-hydrogen) atoms. The van der Waals surface area contributed by atoms with E-state index in [2.05, 4.69) is 9.80 Å². The number of fused-ring (bicyclic) bond motifs is 11. The number of hydrogen-bond acceptors (Lipinski definition) is 4. The standard InChI is InChI=1S/C32H60N2.2C2HF3O2/c1-2-5-10-14-18-23-34-26-29-19-15-11-7-4-6-9-13-17-22-33-24-21-32(31(25-29)28-34)30(27-33)20-16-12-8-3-1;2*3-2(4,5)1(6)7/h29-32H,1-28H2;2*(H,6,7)/t29-,30-,31+,32-;;/m0../s1. The molecule has 0 saturated carbocycles. The van der Waals surface area contributed by atoms with Crippen molar-refractivity contribution in [1.82, 2.24) is 9.80 Å². The average Bonchev–Trinajstić information content (AvgIpc) is 3.02. The predicted molar refractivity (Wildman–Crippen MR) is 176 cm³/mol. The van der Waals surface area contributed by atoms with Crippen LogP contribution in [0.15, 0.2) is 0 Å². The first-order valence-corrected chi connectivity index (χ1v) is 18.8. The molecule has 5 saturated heterocycles. The second-order valence-electron chi connectivity index (χ2n) is 14.7. The van der Waals surface area contributed by atoms with Crippen LogP contribution in [0, 0.1) is 23.7 Å². The Kier molecular flexibility index (Phi) is 20.4. The van der Waals surface area contributed by atoms with Crippen LogP contribution >= 0.6 is 0 Å². The number of rotatable bonds is 0. The topological polar surface area (TPSA) is 81.1 Å². The van der Waals surface area contributed by atoms with Crippen molar-refractivity contribution >= 4 is 11.9 Å². The number of halogens is 6. The number of carbonyl (C=O) groups is 2. The number of nitrogens with zero attached hydrogens (tertiary/aromatic N) is 2.